The molecule has 1 N–H and O–H groups in total. The number of halogens is 2. The second kappa shape index (κ2) is 12.9. The third kappa shape index (κ3) is 7.90. The molecule has 0 heterocycles. The minimum Gasteiger partial charge on any atom is -0.493 e. The maximum atomic E-state index is 6.46. The first-order chi connectivity index (χ1) is 13.6. The third-order valence-electron chi connectivity index (χ3n) is 4.60. The number of hydrogen-bond acceptors (Lipinski definition) is 3. The second-order valence-electron chi connectivity index (χ2n) is 6.97. The maximum absolute atomic E-state index is 6.46. The average molecular weight is 424 g/mol. The van der Waals surface area contributed by atoms with Crippen LogP contribution in [0, 0.1) is 0 Å². The summed E-state index contributed by atoms with van der Waals surface area (Å²) in [4.78, 5) is 0. The number of methoxy groups -OCH3 is 1. The van der Waals surface area contributed by atoms with Crippen molar-refractivity contribution in [2.45, 2.75) is 58.6 Å². The zero-order chi connectivity index (χ0) is 20.2. The smallest absolute Gasteiger partial charge is 0.180 e. The van der Waals surface area contributed by atoms with E-state index in [2.05, 4.69) is 12.2 Å². The van der Waals surface area contributed by atoms with E-state index in [9.17, 15) is 0 Å². The van der Waals surface area contributed by atoms with Crippen LogP contribution in [0.4, 0.5) is 0 Å². The molecule has 0 atom stereocenters. The lowest BCUT2D eigenvalue weighted by Gasteiger charge is -2.15. The van der Waals surface area contributed by atoms with Crippen LogP contribution in [0.1, 0.15) is 56.6 Å². The summed E-state index contributed by atoms with van der Waals surface area (Å²) < 4.78 is 11.4. The Bertz CT molecular complexity index is 722. The molecule has 0 aliphatic carbocycles. The van der Waals surface area contributed by atoms with Gasteiger partial charge in [-0.2, -0.15) is 0 Å². The van der Waals surface area contributed by atoms with Crippen LogP contribution in [0.5, 0.6) is 11.5 Å². The van der Waals surface area contributed by atoms with Crippen LogP contribution >= 0.6 is 23.2 Å². The van der Waals surface area contributed by atoms with E-state index in [-0.39, 0.29) is 0 Å². The summed E-state index contributed by atoms with van der Waals surface area (Å²) in [5, 5.41) is 4.72. The van der Waals surface area contributed by atoms with Crippen molar-refractivity contribution in [3.63, 3.8) is 0 Å². The van der Waals surface area contributed by atoms with E-state index >= 15 is 0 Å². The first kappa shape index (κ1) is 22.9. The van der Waals surface area contributed by atoms with E-state index in [1.54, 1.807) is 7.11 Å². The molecule has 0 aromatic heterocycles. The lowest BCUT2D eigenvalue weighted by Crippen LogP contribution is -2.14. The Morgan fingerprint density at radius 1 is 0.929 bits per heavy atom. The zero-order valence-corrected chi connectivity index (χ0v) is 18.4. The van der Waals surface area contributed by atoms with Crippen LogP contribution in [0.15, 0.2) is 36.4 Å². The van der Waals surface area contributed by atoms with Gasteiger partial charge in [-0.25, -0.2) is 0 Å². The summed E-state index contributed by atoms with van der Waals surface area (Å²) in [6, 6.07) is 11.5. The van der Waals surface area contributed by atoms with Gasteiger partial charge in [-0.3, -0.25) is 0 Å². The molecule has 0 fully saturated rings. The molecule has 0 saturated carbocycles. The highest BCUT2D eigenvalue weighted by Crippen LogP contribution is 2.37. The minimum atomic E-state index is 0.381. The normalized spacial score (nSPS) is 10.9. The number of unbranched alkanes of at least 4 members (excludes halogenated alkanes) is 5. The van der Waals surface area contributed by atoms with Gasteiger partial charge >= 0.3 is 0 Å². The fraction of sp³-hybridized carbons (Fsp3) is 0.478. The third-order valence-corrected chi connectivity index (χ3v) is 5.11. The van der Waals surface area contributed by atoms with E-state index in [4.69, 9.17) is 32.7 Å². The van der Waals surface area contributed by atoms with Crippen LogP contribution in [-0.4, -0.2) is 13.7 Å². The number of hydrogen-bond donors (Lipinski definition) is 1. The molecule has 0 radical (unpaired) electrons. The maximum Gasteiger partial charge on any atom is 0.180 e. The van der Waals surface area contributed by atoms with Gasteiger partial charge in [-0.15, -0.1) is 0 Å². The summed E-state index contributed by atoms with van der Waals surface area (Å²) in [6.45, 7) is 4.40. The molecule has 154 valence electrons. The summed E-state index contributed by atoms with van der Waals surface area (Å²) in [5.74, 6) is 1.20. The summed E-state index contributed by atoms with van der Waals surface area (Å²) in [6.07, 6.45) is 7.80. The molecule has 2 aromatic rings. The zero-order valence-electron chi connectivity index (χ0n) is 16.9. The molecule has 28 heavy (non-hydrogen) atoms. The highest BCUT2D eigenvalue weighted by molar-refractivity contribution is 6.32. The lowest BCUT2D eigenvalue weighted by atomic mass is 10.1. The van der Waals surface area contributed by atoms with E-state index in [0.29, 0.717) is 28.2 Å². The molecule has 0 spiro atoms. The predicted octanol–water partition coefficient (Wildman–Crippen LogP) is 7.03. The minimum absolute atomic E-state index is 0.381. The molecule has 0 bridgehead atoms. The fourth-order valence-electron chi connectivity index (χ4n) is 3.06. The molecule has 0 saturated heterocycles. The van der Waals surface area contributed by atoms with Gasteiger partial charge in [0.15, 0.2) is 11.5 Å². The van der Waals surface area contributed by atoms with Gasteiger partial charge in [0.1, 0.15) is 6.61 Å². The number of ether oxygens (including phenoxy) is 2. The van der Waals surface area contributed by atoms with Crippen molar-refractivity contribution in [2.75, 3.05) is 13.7 Å². The van der Waals surface area contributed by atoms with Crippen LogP contribution in [0.3, 0.4) is 0 Å². The molecule has 2 rings (SSSR count). The van der Waals surface area contributed by atoms with Crippen LogP contribution < -0.4 is 14.8 Å². The largest absolute Gasteiger partial charge is 0.493 e. The van der Waals surface area contributed by atoms with Crippen molar-refractivity contribution in [2.24, 2.45) is 0 Å². The Labute approximate surface area is 179 Å². The Morgan fingerprint density at radius 2 is 1.71 bits per heavy atom. The van der Waals surface area contributed by atoms with Gasteiger partial charge in [0.2, 0.25) is 0 Å². The molecular formula is C23H31Cl2NO2. The van der Waals surface area contributed by atoms with Crippen molar-refractivity contribution in [1.29, 1.82) is 0 Å². The Balaban J connectivity index is 1.84. The summed E-state index contributed by atoms with van der Waals surface area (Å²) in [5.41, 5.74) is 2.07. The van der Waals surface area contributed by atoms with E-state index in [0.717, 1.165) is 24.2 Å². The van der Waals surface area contributed by atoms with E-state index < -0.39 is 0 Å². The fourth-order valence-corrected chi connectivity index (χ4v) is 3.56. The second-order valence-corrected chi connectivity index (χ2v) is 7.82. The first-order valence-electron chi connectivity index (χ1n) is 10.1. The predicted molar refractivity (Wildman–Crippen MR) is 119 cm³/mol. The summed E-state index contributed by atoms with van der Waals surface area (Å²) in [7, 11) is 1.63. The van der Waals surface area contributed by atoms with E-state index in [1.807, 2.05) is 36.4 Å². The van der Waals surface area contributed by atoms with Crippen molar-refractivity contribution in [1.82, 2.24) is 5.32 Å². The molecule has 0 unspecified atom stereocenters. The van der Waals surface area contributed by atoms with Crippen molar-refractivity contribution in [3.8, 4) is 11.5 Å². The molecule has 0 aliphatic rings. The van der Waals surface area contributed by atoms with Crippen LogP contribution in [0.2, 0.25) is 10.0 Å². The monoisotopic (exact) mass is 423 g/mol. The Kier molecular flexibility index (Phi) is 10.6. The topological polar surface area (TPSA) is 30.5 Å². The molecular weight excluding hydrogens is 393 g/mol. The SMILES string of the molecule is CCCCCCCCNCc1cc(Cl)c(OCc2cccc(Cl)c2)c(OC)c1. The molecule has 3 nitrogen and oxygen atoms in total. The van der Waals surface area contributed by atoms with E-state index in [1.165, 1.54) is 38.5 Å². The van der Waals surface area contributed by atoms with Gasteiger partial charge in [0.25, 0.3) is 0 Å². The summed E-state index contributed by atoms with van der Waals surface area (Å²) >= 11 is 12.5. The van der Waals surface area contributed by atoms with Crippen molar-refractivity contribution >= 4 is 23.2 Å². The number of rotatable bonds is 13. The molecule has 5 heteroatoms. The van der Waals surface area contributed by atoms with Crippen LogP contribution in [-0.2, 0) is 13.2 Å². The highest BCUT2D eigenvalue weighted by atomic mass is 35.5. The van der Waals surface area contributed by atoms with Gasteiger partial charge < -0.3 is 14.8 Å². The van der Waals surface area contributed by atoms with Crippen molar-refractivity contribution in [3.05, 3.63) is 57.6 Å². The molecule has 2 aromatic carbocycles. The average Bonchev–Trinajstić information content (AvgIpc) is 2.69. The standard InChI is InChI=1S/C23H31Cl2NO2/c1-3-4-5-6-7-8-12-26-16-19-14-21(25)23(22(15-19)27-2)28-17-18-10-9-11-20(24)13-18/h9-11,13-15,26H,3-8,12,16-17H2,1-2H3. The number of benzene rings is 2. The first-order valence-corrected chi connectivity index (χ1v) is 10.8. The Hall–Kier alpha value is -1.42. The van der Waals surface area contributed by atoms with Gasteiger partial charge in [0.05, 0.1) is 12.1 Å². The molecule has 0 amide bonds. The highest BCUT2D eigenvalue weighted by Gasteiger charge is 2.12. The van der Waals surface area contributed by atoms with Gasteiger partial charge in [-0.1, -0.05) is 74.4 Å². The number of nitrogens with one attached hydrogen (secondary N) is 1. The quantitative estimate of drug-likeness (QED) is 0.350. The van der Waals surface area contributed by atoms with Gasteiger partial charge in [0, 0.05) is 11.6 Å². The lowest BCUT2D eigenvalue weighted by molar-refractivity contribution is 0.284. The van der Waals surface area contributed by atoms with Gasteiger partial charge in [-0.05, 0) is 48.4 Å². The van der Waals surface area contributed by atoms with Crippen molar-refractivity contribution < 1.29 is 9.47 Å². The Morgan fingerprint density at radius 3 is 2.46 bits per heavy atom. The van der Waals surface area contributed by atoms with Crippen LogP contribution in [0.25, 0.3) is 0 Å². The molecule has 0 aliphatic heterocycles.